The number of rotatable bonds is 5. The molecular weight excluding hydrogens is 304 g/mol. The van der Waals surface area contributed by atoms with Crippen LogP contribution in [-0.4, -0.2) is 19.0 Å². The third kappa shape index (κ3) is 4.59. The van der Waals surface area contributed by atoms with Crippen molar-refractivity contribution in [3.05, 3.63) is 34.9 Å². The molecule has 1 aliphatic heterocycles. The maximum absolute atomic E-state index is 5.99. The van der Waals surface area contributed by atoms with E-state index in [1.54, 1.807) is 0 Å². The number of halogens is 1. The lowest BCUT2D eigenvalue weighted by molar-refractivity contribution is -0.183. The third-order valence-electron chi connectivity index (χ3n) is 3.54. The van der Waals surface area contributed by atoms with Gasteiger partial charge in [-0.1, -0.05) is 39.7 Å². The molecule has 106 valence electrons. The van der Waals surface area contributed by atoms with Crippen molar-refractivity contribution >= 4 is 15.9 Å². The highest BCUT2D eigenvalue weighted by Gasteiger charge is 2.18. The Morgan fingerprint density at radius 2 is 2.21 bits per heavy atom. The number of hydrogen-bond acceptors (Lipinski definition) is 2. The Morgan fingerprint density at radius 3 is 2.89 bits per heavy atom. The second-order valence-corrected chi connectivity index (χ2v) is 5.91. The molecule has 1 aliphatic rings. The van der Waals surface area contributed by atoms with Crippen molar-refractivity contribution < 1.29 is 9.47 Å². The van der Waals surface area contributed by atoms with Gasteiger partial charge in [0.1, 0.15) is 0 Å². The van der Waals surface area contributed by atoms with E-state index in [0.29, 0.717) is 0 Å². The van der Waals surface area contributed by atoms with Crippen LogP contribution in [0.5, 0.6) is 0 Å². The second kappa shape index (κ2) is 7.41. The van der Waals surface area contributed by atoms with E-state index in [0.717, 1.165) is 24.8 Å². The van der Waals surface area contributed by atoms with Gasteiger partial charge in [0, 0.05) is 11.9 Å². The molecule has 0 aliphatic carbocycles. The second-order valence-electron chi connectivity index (χ2n) is 5.35. The zero-order valence-electron chi connectivity index (χ0n) is 11.8. The summed E-state index contributed by atoms with van der Waals surface area (Å²) in [5, 5.41) is 0.899. The Labute approximate surface area is 124 Å². The molecule has 1 fully saturated rings. The molecular formula is C16H23BrO2. The van der Waals surface area contributed by atoms with E-state index in [1.807, 2.05) is 0 Å². The summed E-state index contributed by atoms with van der Waals surface area (Å²) in [5.74, 6) is 0. The first-order valence-electron chi connectivity index (χ1n) is 7.10. The standard InChI is InChI=1S/C16H23BrO2/c1-12-6-7-14(15(9-12)11-17)10-13(2)19-16-5-3-4-8-18-16/h6-7,9,13,16H,3-5,8,10-11H2,1-2H3. The molecule has 1 heterocycles. The van der Waals surface area contributed by atoms with Crippen LogP contribution in [0.25, 0.3) is 0 Å². The van der Waals surface area contributed by atoms with Crippen molar-refractivity contribution in [1.82, 2.24) is 0 Å². The van der Waals surface area contributed by atoms with Gasteiger partial charge in [-0.05, 0) is 50.7 Å². The van der Waals surface area contributed by atoms with Gasteiger partial charge in [-0.25, -0.2) is 0 Å². The summed E-state index contributed by atoms with van der Waals surface area (Å²) in [6, 6.07) is 6.63. The molecule has 3 heteroatoms. The van der Waals surface area contributed by atoms with Crippen LogP contribution in [-0.2, 0) is 21.2 Å². The lowest BCUT2D eigenvalue weighted by Crippen LogP contribution is -2.27. The van der Waals surface area contributed by atoms with Gasteiger partial charge >= 0.3 is 0 Å². The summed E-state index contributed by atoms with van der Waals surface area (Å²) in [6.07, 6.45) is 4.56. The van der Waals surface area contributed by atoms with E-state index in [-0.39, 0.29) is 12.4 Å². The van der Waals surface area contributed by atoms with E-state index >= 15 is 0 Å². The molecule has 1 aromatic carbocycles. The average Bonchev–Trinajstić information content (AvgIpc) is 2.42. The van der Waals surface area contributed by atoms with Crippen molar-refractivity contribution in [3.8, 4) is 0 Å². The molecule has 2 nitrogen and oxygen atoms in total. The number of alkyl halides is 1. The van der Waals surface area contributed by atoms with Gasteiger partial charge in [-0.3, -0.25) is 0 Å². The van der Waals surface area contributed by atoms with Crippen molar-refractivity contribution in [2.24, 2.45) is 0 Å². The van der Waals surface area contributed by atoms with Crippen molar-refractivity contribution in [2.75, 3.05) is 6.61 Å². The summed E-state index contributed by atoms with van der Waals surface area (Å²) in [6.45, 7) is 5.11. The predicted molar refractivity (Wildman–Crippen MR) is 81.7 cm³/mol. The van der Waals surface area contributed by atoms with Crippen LogP contribution in [0.2, 0.25) is 0 Å². The number of ether oxygens (including phenoxy) is 2. The minimum absolute atomic E-state index is 0.00150. The van der Waals surface area contributed by atoms with E-state index < -0.39 is 0 Å². The van der Waals surface area contributed by atoms with E-state index in [4.69, 9.17) is 9.47 Å². The smallest absolute Gasteiger partial charge is 0.157 e. The molecule has 2 atom stereocenters. The van der Waals surface area contributed by atoms with E-state index in [9.17, 15) is 0 Å². The molecule has 1 aromatic rings. The van der Waals surface area contributed by atoms with Gasteiger partial charge in [-0.15, -0.1) is 0 Å². The molecule has 2 rings (SSSR count). The van der Waals surface area contributed by atoms with Gasteiger partial charge in [0.25, 0.3) is 0 Å². The van der Waals surface area contributed by atoms with Crippen LogP contribution in [0.15, 0.2) is 18.2 Å². The van der Waals surface area contributed by atoms with Crippen molar-refractivity contribution in [1.29, 1.82) is 0 Å². The highest BCUT2D eigenvalue weighted by molar-refractivity contribution is 9.08. The lowest BCUT2D eigenvalue weighted by Gasteiger charge is -2.26. The number of aryl methyl sites for hydroxylation is 1. The van der Waals surface area contributed by atoms with Crippen LogP contribution >= 0.6 is 15.9 Å². The summed E-state index contributed by atoms with van der Waals surface area (Å²) >= 11 is 3.57. The number of hydrogen-bond donors (Lipinski definition) is 0. The molecule has 2 unspecified atom stereocenters. The van der Waals surface area contributed by atoms with Crippen LogP contribution in [0.1, 0.15) is 42.9 Å². The highest BCUT2D eigenvalue weighted by Crippen LogP contribution is 2.20. The summed E-state index contributed by atoms with van der Waals surface area (Å²) in [5.41, 5.74) is 4.04. The fraction of sp³-hybridized carbons (Fsp3) is 0.625. The zero-order chi connectivity index (χ0) is 13.7. The van der Waals surface area contributed by atoms with Crippen molar-refractivity contribution in [3.63, 3.8) is 0 Å². The largest absolute Gasteiger partial charge is 0.353 e. The molecule has 1 saturated heterocycles. The molecule has 0 bridgehead atoms. The molecule has 0 saturated carbocycles. The van der Waals surface area contributed by atoms with Crippen LogP contribution < -0.4 is 0 Å². The summed E-state index contributed by atoms with van der Waals surface area (Å²) in [7, 11) is 0. The first-order valence-corrected chi connectivity index (χ1v) is 8.22. The van der Waals surface area contributed by atoms with Gasteiger partial charge in [-0.2, -0.15) is 0 Å². The Balaban J connectivity index is 1.92. The van der Waals surface area contributed by atoms with Gasteiger partial charge in [0.2, 0.25) is 0 Å². The average molecular weight is 327 g/mol. The lowest BCUT2D eigenvalue weighted by atomic mass is 10.0. The zero-order valence-corrected chi connectivity index (χ0v) is 13.4. The van der Waals surface area contributed by atoms with Gasteiger partial charge in [0.05, 0.1) is 6.10 Å². The third-order valence-corrected chi connectivity index (χ3v) is 4.14. The van der Waals surface area contributed by atoms with Crippen LogP contribution in [0.4, 0.5) is 0 Å². The molecule has 0 radical (unpaired) electrons. The monoisotopic (exact) mass is 326 g/mol. The maximum Gasteiger partial charge on any atom is 0.157 e. The summed E-state index contributed by atoms with van der Waals surface area (Å²) < 4.78 is 11.6. The Hall–Kier alpha value is -0.380. The predicted octanol–water partition coefficient (Wildman–Crippen LogP) is 4.36. The van der Waals surface area contributed by atoms with E-state index in [1.165, 1.54) is 29.5 Å². The summed E-state index contributed by atoms with van der Waals surface area (Å²) in [4.78, 5) is 0. The molecule has 0 N–H and O–H groups in total. The SMILES string of the molecule is Cc1ccc(CC(C)OC2CCCCO2)c(CBr)c1. The molecule has 0 aromatic heterocycles. The fourth-order valence-electron chi connectivity index (χ4n) is 2.51. The maximum atomic E-state index is 5.99. The van der Waals surface area contributed by atoms with Crippen LogP contribution in [0, 0.1) is 6.92 Å². The highest BCUT2D eigenvalue weighted by atomic mass is 79.9. The van der Waals surface area contributed by atoms with Crippen LogP contribution in [0.3, 0.4) is 0 Å². The van der Waals surface area contributed by atoms with Gasteiger partial charge in [0.15, 0.2) is 6.29 Å². The minimum Gasteiger partial charge on any atom is -0.353 e. The first-order chi connectivity index (χ1) is 9.19. The van der Waals surface area contributed by atoms with Gasteiger partial charge < -0.3 is 9.47 Å². The fourth-order valence-corrected chi connectivity index (χ4v) is 3.04. The first kappa shape index (κ1) is 15.0. The quantitative estimate of drug-likeness (QED) is 0.748. The minimum atomic E-state index is 0.00150. The topological polar surface area (TPSA) is 18.5 Å². The van der Waals surface area contributed by atoms with Crippen molar-refractivity contribution in [2.45, 2.75) is 57.3 Å². The molecule has 19 heavy (non-hydrogen) atoms. The molecule has 0 amide bonds. The Morgan fingerprint density at radius 1 is 1.37 bits per heavy atom. The van der Waals surface area contributed by atoms with E-state index in [2.05, 4.69) is 48.0 Å². The normalized spacial score (nSPS) is 21.3. The number of benzene rings is 1. The molecule has 0 spiro atoms. The Bertz CT molecular complexity index is 400. The Kier molecular flexibility index (Phi) is 5.86.